The lowest BCUT2D eigenvalue weighted by molar-refractivity contribution is 0.0679. The van der Waals surface area contributed by atoms with Crippen LogP contribution in [0.15, 0.2) is 0 Å². The summed E-state index contributed by atoms with van der Waals surface area (Å²) in [5.41, 5.74) is 1.81. The number of esters is 4. The van der Waals surface area contributed by atoms with Gasteiger partial charge in [-0.25, -0.2) is 28.8 Å². The van der Waals surface area contributed by atoms with E-state index < -0.39 is 58.4 Å². The second-order valence-electron chi connectivity index (χ2n) is 17.3. The molecule has 0 saturated heterocycles. The topological polar surface area (TPSA) is 257 Å². The summed E-state index contributed by atoms with van der Waals surface area (Å²) < 4.78 is 46.0. The zero-order valence-electron chi connectivity index (χ0n) is 43.5. The minimum atomic E-state index is -1.22. The lowest BCUT2D eigenvalue weighted by Gasteiger charge is -2.23. The molecule has 0 aromatic heterocycles. The Bertz CT molecular complexity index is 3000. The molecule has 72 heavy (non-hydrogen) atoms. The lowest BCUT2D eigenvalue weighted by atomic mass is 9.94. The minimum absolute atomic E-state index is 0.0215. The zero-order chi connectivity index (χ0) is 54.4. The number of phenolic OH excluding ortho intramolecular Hbond substituents is 2. The van der Waals surface area contributed by atoms with Gasteiger partial charge in [0, 0.05) is 27.8 Å². The van der Waals surface area contributed by atoms with Crippen LogP contribution < -0.4 is 37.9 Å². The molecular weight excluding hydrogens is 937 g/mol. The predicted molar refractivity (Wildman–Crippen MR) is 262 cm³/mol. The third-order valence-electron chi connectivity index (χ3n) is 13.5. The van der Waals surface area contributed by atoms with Gasteiger partial charge in [0.2, 0.25) is 0 Å². The normalized spacial score (nSPS) is 10.9. The van der Waals surface area contributed by atoms with Crippen molar-refractivity contribution in [2.75, 3.05) is 28.4 Å². The van der Waals surface area contributed by atoms with Crippen LogP contribution >= 0.6 is 0 Å². The largest absolute Gasteiger partial charge is 0.507 e. The first-order valence-electron chi connectivity index (χ1n) is 22.2. The molecule has 0 bridgehead atoms. The van der Waals surface area contributed by atoms with E-state index in [1.54, 1.807) is 69.2 Å². The van der Waals surface area contributed by atoms with Gasteiger partial charge in [0.15, 0.2) is 0 Å². The van der Waals surface area contributed by atoms with Crippen molar-refractivity contribution in [1.82, 2.24) is 0 Å². The molecule has 18 nitrogen and oxygen atoms in total. The number of phenols is 2. The van der Waals surface area contributed by atoms with Crippen LogP contribution in [-0.2, 0) is 0 Å². The predicted octanol–water partition coefficient (Wildman–Crippen LogP) is 9.72. The number of carbonyl (C=O) groups is 6. The summed E-state index contributed by atoms with van der Waals surface area (Å²) in [6.45, 7) is 21.4. The number of benzene rings is 5. The number of hydrogen-bond donors (Lipinski definition) is 4. The van der Waals surface area contributed by atoms with E-state index in [0.717, 1.165) is 0 Å². The molecule has 0 radical (unpaired) electrons. The average Bonchev–Trinajstić information content (AvgIpc) is 3.32. The fraction of sp³-hybridized carbons (Fsp3) is 0.333. The molecule has 0 fully saturated rings. The molecule has 0 spiro atoms. The number of methoxy groups -OCH3 is 4. The van der Waals surface area contributed by atoms with E-state index in [1.807, 2.05) is 0 Å². The van der Waals surface area contributed by atoms with Gasteiger partial charge in [-0.05, 0) is 147 Å². The van der Waals surface area contributed by atoms with Crippen LogP contribution in [0.2, 0.25) is 0 Å². The van der Waals surface area contributed by atoms with Crippen molar-refractivity contribution < 1.29 is 87.1 Å². The van der Waals surface area contributed by atoms with E-state index in [4.69, 9.17) is 37.9 Å². The van der Waals surface area contributed by atoms with Gasteiger partial charge in [-0.1, -0.05) is 0 Å². The highest BCUT2D eigenvalue weighted by atomic mass is 16.6. The van der Waals surface area contributed by atoms with Gasteiger partial charge in [0.05, 0.1) is 28.4 Å². The Hall–Kier alpha value is -8.28. The van der Waals surface area contributed by atoms with E-state index in [1.165, 1.54) is 56.1 Å². The molecule has 0 amide bonds. The van der Waals surface area contributed by atoms with Gasteiger partial charge in [-0.3, -0.25) is 0 Å². The van der Waals surface area contributed by atoms with Crippen molar-refractivity contribution in [3.8, 4) is 57.5 Å². The SMILES string of the molecule is COc1c(C)c(OC(=O)c2c(C)c(C)c(OC(=O)c3c(C)c(C(=O)Oc4c(C)c(C)c(C(=O)Oc5c(C)c(C)c(C(=O)O)c(OC)c5C)c(OC)c4C)c(O)c(C)c3O)c(C)c2OC)c(C)c(C)c1C(=O)O. The van der Waals surface area contributed by atoms with Crippen molar-refractivity contribution >= 4 is 35.8 Å². The molecular formula is C54H58O18. The number of aromatic hydroxyl groups is 2. The number of ether oxygens (including phenoxy) is 8. The molecule has 4 N–H and O–H groups in total. The molecule has 5 aromatic rings. The average molecular weight is 995 g/mol. The number of carboxylic acid groups (broad SMARTS) is 2. The summed E-state index contributed by atoms with van der Waals surface area (Å²) in [7, 11) is 5.21. The van der Waals surface area contributed by atoms with Crippen LogP contribution in [-0.4, -0.2) is 84.7 Å². The molecule has 0 aliphatic rings. The first-order chi connectivity index (χ1) is 33.6. The van der Waals surface area contributed by atoms with Crippen molar-refractivity contribution in [3.05, 3.63) is 111 Å². The first-order valence-corrected chi connectivity index (χ1v) is 22.2. The minimum Gasteiger partial charge on any atom is -0.507 e. The van der Waals surface area contributed by atoms with Crippen molar-refractivity contribution in [1.29, 1.82) is 0 Å². The van der Waals surface area contributed by atoms with Gasteiger partial charge < -0.3 is 58.3 Å². The second-order valence-corrected chi connectivity index (χ2v) is 17.3. The number of carboxylic acids is 2. The standard InChI is InChI=1S/C54H58O18/c1-19-23(5)41(29(11)45(65-15)35(19)49(57)58)71-53(63)37-21(3)25(7)43(31(13)47(37)67-17)69-51(61)33-27(9)34(40(56)28(10)39(33)55)52(62)70-44-26(8)22(4)38(48(68-18)32(44)14)54(64)72-42-24(6)20(2)36(50(59)60)46(66-16)30(42)12/h55-56H,1-18H3,(H,57,58)(H,59,60). The first kappa shape index (κ1) is 54.7. The van der Waals surface area contributed by atoms with E-state index in [-0.39, 0.29) is 113 Å². The molecule has 5 rings (SSSR count). The molecule has 382 valence electrons. The zero-order valence-corrected chi connectivity index (χ0v) is 43.5. The van der Waals surface area contributed by atoms with Crippen molar-refractivity contribution in [2.45, 2.75) is 96.9 Å². The molecule has 0 heterocycles. The number of hydrogen-bond acceptors (Lipinski definition) is 16. The summed E-state index contributed by atoms with van der Waals surface area (Å²) in [5, 5.41) is 42.5. The molecule has 0 saturated carbocycles. The Morgan fingerprint density at radius 1 is 0.264 bits per heavy atom. The Morgan fingerprint density at radius 3 is 0.694 bits per heavy atom. The van der Waals surface area contributed by atoms with Crippen LogP contribution in [0.4, 0.5) is 0 Å². The van der Waals surface area contributed by atoms with E-state index >= 15 is 0 Å². The summed E-state index contributed by atoms with van der Waals surface area (Å²) in [6, 6.07) is 0. The maximum Gasteiger partial charge on any atom is 0.347 e. The van der Waals surface area contributed by atoms with Crippen LogP contribution in [0, 0.1) is 96.9 Å². The summed E-state index contributed by atoms with van der Waals surface area (Å²) in [5.74, 6) is -7.82. The summed E-state index contributed by atoms with van der Waals surface area (Å²) in [4.78, 5) is 80.9. The number of aromatic carboxylic acids is 2. The van der Waals surface area contributed by atoms with Gasteiger partial charge in [-0.15, -0.1) is 0 Å². The molecule has 18 heteroatoms. The Kier molecular flexibility index (Phi) is 15.6. The quantitative estimate of drug-likeness (QED) is 0.0596. The fourth-order valence-corrected chi connectivity index (χ4v) is 9.08. The number of rotatable bonds is 14. The second kappa shape index (κ2) is 20.6. The molecule has 0 atom stereocenters. The van der Waals surface area contributed by atoms with Gasteiger partial charge in [0.1, 0.15) is 90.9 Å². The molecule has 0 unspecified atom stereocenters. The molecule has 0 aliphatic carbocycles. The van der Waals surface area contributed by atoms with Gasteiger partial charge in [-0.2, -0.15) is 0 Å². The number of carbonyl (C=O) groups excluding carboxylic acids is 4. The Balaban J connectivity index is 1.54. The Morgan fingerprint density at radius 2 is 0.472 bits per heavy atom. The van der Waals surface area contributed by atoms with Crippen LogP contribution in [0.5, 0.6) is 57.5 Å². The third kappa shape index (κ3) is 8.92. The third-order valence-corrected chi connectivity index (χ3v) is 13.5. The van der Waals surface area contributed by atoms with Crippen LogP contribution in [0.1, 0.15) is 140 Å². The van der Waals surface area contributed by atoms with E-state index in [9.17, 15) is 49.2 Å². The van der Waals surface area contributed by atoms with E-state index in [0.29, 0.717) is 33.4 Å². The highest BCUT2D eigenvalue weighted by Gasteiger charge is 2.35. The highest BCUT2D eigenvalue weighted by Crippen LogP contribution is 2.46. The van der Waals surface area contributed by atoms with Gasteiger partial charge in [0.25, 0.3) is 0 Å². The fourth-order valence-electron chi connectivity index (χ4n) is 9.08. The maximum atomic E-state index is 14.3. The summed E-state index contributed by atoms with van der Waals surface area (Å²) >= 11 is 0. The lowest BCUT2D eigenvalue weighted by Crippen LogP contribution is -2.20. The smallest absolute Gasteiger partial charge is 0.347 e. The molecule has 0 aliphatic heterocycles. The van der Waals surface area contributed by atoms with Gasteiger partial charge >= 0.3 is 35.8 Å². The van der Waals surface area contributed by atoms with Crippen molar-refractivity contribution in [3.63, 3.8) is 0 Å². The Labute approximate surface area is 415 Å². The monoisotopic (exact) mass is 994 g/mol. The molecule has 5 aromatic carbocycles. The van der Waals surface area contributed by atoms with Crippen LogP contribution in [0.3, 0.4) is 0 Å². The van der Waals surface area contributed by atoms with Crippen molar-refractivity contribution in [2.24, 2.45) is 0 Å². The highest BCUT2D eigenvalue weighted by molar-refractivity contribution is 6.05. The maximum absolute atomic E-state index is 14.3. The van der Waals surface area contributed by atoms with Crippen LogP contribution in [0.25, 0.3) is 0 Å². The van der Waals surface area contributed by atoms with E-state index in [2.05, 4.69) is 0 Å². The summed E-state index contributed by atoms with van der Waals surface area (Å²) in [6.07, 6.45) is 0.